The van der Waals surface area contributed by atoms with Gasteiger partial charge < -0.3 is 9.47 Å². The Bertz CT molecular complexity index is 301. The monoisotopic (exact) mass is 252 g/mol. The Balaban J connectivity index is 1.69. The molecule has 0 saturated heterocycles. The maximum Gasteiger partial charge on any atom is 0.304 e. The van der Waals surface area contributed by atoms with Gasteiger partial charge in [0.1, 0.15) is 0 Å². The molecule has 1 atom stereocenters. The number of methoxy groups -OCH3 is 1. The van der Waals surface area contributed by atoms with Gasteiger partial charge in [-0.3, -0.25) is 4.79 Å². The molecule has 4 aliphatic rings. The van der Waals surface area contributed by atoms with Crippen LogP contribution in [0, 0.1) is 23.2 Å². The molecule has 18 heavy (non-hydrogen) atoms. The Morgan fingerprint density at radius 3 is 2.06 bits per heavy atom. The van der Waals surface area contributed by atoms with Crippen LogP contribution < -0.4 is 0 Å². The zero-order valence-corrected chi connectivity index (χ0v) is 11.5. The number of esters is 1. The van der Waals surface area contributed by atoms with E-state index in [4.69, 9.17) is 9.47 Å². The highest BCUT2D eigenvalue weighted by Gasteiger charge is 2.51. The first-order valence-corrected chi connectivity index (χ1v) is 7.28. The van der Waals surface area contributed by atoms with Crippen LogP contribution in [0.2, 0.25) is 0 Å². The Labute approximate surface area is 109 Å². The van der Waals surface area contributed by atoms with Gasteiger partial charge in [-0.1, -0.05) is 0 Å². The van der Waals surface area contributed by atoms with Gasteiger partial charge >= 0.3 is 5.97 Å². The van der Waals surface area contributed by atoms with Gasteiger partial charge in [0.05, 0.1) is 0 Å². The van der Waals surface area contributed by atoms with E-state index in [1.807, 2.05) is 0 Å². The molecule has 1 unspecified atom stereocenters. The van der Waals surface area contributed by atoms with Crippen LogP contribution in [0.15, 0.2) is 0 Å². The van der Waals surface area contributed by atoms with E-state index in [0.717, 1.165) is 24.2 Å². The predicted molar refractivity (Wildman–Crippen MR) is 67.8 cm³/mol. The molecule has 0 aromatic carbocycles. The second kappa shape index (κ2) is 4.52. The van der Waals surface area contributed by atoms with Crippen LogP contribution in [0.4, 0.5) is 0 Å². The molecule has 0 aromatic heterocycles. The molecule has 0 aliphatic heterocycles. The van der Waals surface area contributed by atoms with Gasteiger partial charge in [0.25, 0.3) is 0 Å². The molecule has 0 amide bonds. The minimum atomic E-state index is -0.334. The summed E-state index contributed by atoms with van der Waals surface area (Å²) in [4.78, 5) is 11.1. The lowest BCUT2D eigenvalue weighted by Gasteiger charge is -2.57. The van der Waals surface area contributed by atoms with Crippen LogP contribution in [0.5, 0.6) is 0 Å². The van der Waals surface area contributed by atoms with E-state index >= 15 is 0 Å². The Morgan fingerprint density at radius 2 is 1.67 bits per heavy atom. The lowest BCUT2D eigenvalue weighted by Crippen LogP contribution is -2.47. The van der Waals surface area contributed by atoms with Gasteiger partial charge in [0, 0.05) is 20.5 Å². The summed E-state index contributed by atoms with van der Waals surface area (Å²) in [6.07, 6.45) is 8.92. The van der Waals surface area contributed by atoms with Crippen molar-refractivity contribution in [3.05, 3.63) is 0 Å². The second-order valence-electron chi connectivity index (χ2n) is 6.90. The molecule has 0 heterocycles. The number of carbonyl (C=O) groups is 1. The molecule has 0 spiro atoms. The van der Waals surface area contributed by atoms with Gasteiger partial charge in [0.2, 0.25) is 6.29 Å². The van der Waals surface area contributed by atoms with Crippen molar-refractivity contribution in [3.8, 4) is 0 Å². The van der Waals surface area contributed by atoms with Crippen molar-refractivity contribution in [1.82, 2.24) is 0 Å². The number of hydrogen-bond acceptors (Lipinski definition) is 3. The van der Waals surface area contributed by atoms with E-state index in [-0.39, 0.29) is 12.3 Å². The van der Waals surface area contributed by atoms with Gasteiger partial charge in [-0.05, 0) is 61.7 Å². The van der Waals surface area contributed by atoms with E-state index in [1.165, 1.54) is 45.4 Å². The van der Waals surface area contributed by atoms with Crippen molar-refractivity contribution >= 4 is 5.97 Å². The fourth-order valence-corrected chi connectivity index (χ4v) is 5.25. The minimum Gasteiger partial charge on any atom is -0.436 e. The summed E-state index contributed by atoms with van der Waals surface area (Å²) in [5.41, 5.74) is 0.408. The van der Waals surface area contributed by atoms with E-state index in [9.17, 15) is 4.79 Å². The van der Waals surface area contributed by atoms with Crippen LogP contribution in [0.3, 0.4) is 0 Å². The highest BCUT2D eigenvalue weighted by atomic mass is 16.7. The fourth-order valence-electron chi connectivity index (χ4n) is 5.25. The van der Waals surface area contributed by atoms with E-state index < -0.39 is 0 Å². The van der Waals surface area contributed by atoms with Crippen LogP contribution in [-0.4, -0.2) is 19.4 Å². The first-order chi connectivity index (χ1) is 8.58. The van der Waals surface area contributed by atoms with E-state index in [1.54, 1.807) is 7.11 Å². The maximum absolute atomic E-state index is 11.1. The largest absolute Gasteiger partial charge is 0.436 e. The second-order valence-corrected chi connectivity index (χ2v) is 6.90. The van der Waals surface area contributed by atoms with Crippen LogP contribution in [-0.2, 0) is 14.3 Å². The minimum absolute atomic E-state index is 0.230. The highest BCUT2D eigenvalue weighted by Crippen LogP contribution is 2.61. The van der Waals surface area contributed by atoms with Crippen LogP contribution >= 0.6 is 0 Å². The number of carbonyl (C=O) groups excluding carboxylic acids is 1. The van der Waals surface area contributed by atoms with Crippen molar-refractivity contribution in [2.24, 2.45) is 23.2 Å². The summed E-state index contributed by atoms with van der Waals surface area (Å²) in [6, 6.07) is 0. The van der Waals surface area contributed by atoms with Crippen molar-refractivity contribution in [1.29, 1.82) is 0 Å². The molecule has 0 radical (unpaired) electrons. The normalized spacial score (nSPS) is 42.9. The summed E-state index contributed by atoms with van der Waals surface area (Å²) >= 11 is 0. The summed E-state index contributed by atoms with van der Waals surface area (Å²) < 4.78 is 10.6. The van der Waals surface area contributed by atoms with Crippen molar-refractivity contribution in [2.75, 3.05) is 7.11 Å². The molecule has 0 N–H and O–H groups in total. The average molecular weight is 252 g/mol. The lowest BCUT2D eigenvalue weighted by atomic mass is 9.49. The van der Waals surface area contributed by atoms with E-state index in [0.29, 0.717) is 5.41 Å². The summed E-state index contributed by atoms with van der Waals surface area (Å²) in [7, 11) is 1.65. The SMILES string of the molecule is COC(CC12CC3CC(CC(C3)C1)C2)OC(C)=O. The fraction of sp³-hybridized carbons (Fsp3) is 0.933. The molecule has 4 fully saturated rings. The molecule has 102 valence electrons. The molecule has 4 saturated carbocycles. The van der Waals surface area contributed by atoms with Crippen LogP contribution in [0.25, 0.3) is 0 Å². The van der Waals surface area contributed by atoms with Crippen molar-refractivity contribution in [3.63, 3.8) is 0 Å². The first-order valence-electron chi connectivity index (χ1n) is 7.28. The Morgan fingerprint density at radius 1 is 1.17 bits per heavy atom. The maximum atomic E-state index is 11.1. The van der Waals surface area contributed by atoms with Gasteiger partial charge in [-0.2, -0.15) is 0 Å². The number of rotatable bonds is 4. The van der Waals surface area contributed by atoms with Gasteiger partial charge in [0.15, 0.2) is 0 Å². The molecule has 4 rings (SSSR count). The molecule has 0 aromatic rings. The average Bonchev–Trinajstić information content (AvgIpc) is 2.25. The molecule has 3 heteroatoms. The smallest absolute Gasteiger partial charge is 0.304 e. The summed E-state index contributed by atoms with van der Waals surface area (Å²) in [5, 5.41) is 0. The third kappa shape index (κ3) is 2.29. The summed E-state index contributed by atoms with van der Waals surface area (Å²) in [6.45, 7) is 1.46. The topological polar surface area (TPSA) is 35.5 Å². The lowest BCUT2D eigenvalue weighted by molar-refractivity contribution is -0.186. The van der Waals surface area contributed by atoms with E-state index in [2.05, 4.69) is 0 Å². The Hall–Kier alpha value is -0.570. The van der Waals surface area contributed by atoms with Crippen molar-refractivity contribution < 1.29 is 14.3 Å². The molecule has 4 aliphatic carbocycles. The van der Waals surface area contributed by atoms with Crippen molar-refractivity contribution in [2.45, 2.75) is 58.2 Å². The third-order valence-corrected chi connectivity index (χ3v) is 5.33. The summed E-state index contributed by atoms with van der Waals surface area (Å²) in [5.74, 6) is 2.58. The Kier molecular flexibility index (Phi) is 3.13. The highest BCUT2D eigenvalue weighted by molar-refractivity contribution is 5.66. The zero-order valence-electron chi connectivity index (χ0n) is 11.5. The molecule has 4 bridgehead atoms. The number of hydrogen-bond donors (Lipinski definition) is 0. The number of ether oxygens (including phenoxy) is 2. The molecule has 3 nitrogen and oxygen atoms in total. The van der Waals surface area contributed by atoms with Crippen LogP contribution in [0.1, 0.15) is 51.9 Å². The quantitative estimate of drug-likeness (QED) is 0.569. The standard InChI is InChI=1S/C15H24O3/c1-10(16)18-14(17-2)9-15-6-11-3-12(7-15)5-13(4-11)8-15/h11-14H,3-9H2,1-2H3. The molecular formula is C15H24O3. The first kappa shape index (κ1) is 12.5. The predicted octanol–water partition coefficient (Wildman–Crippen LogP) is 3.13. The van der Waals surface area contributed by atoms with Gasteiger partial charge in [-0.25, -0.2) is 0 Å². The van der Waals surface area contributed by atoms with Gasteiger partial charge in [-0.15, -0.1) is 0 Å². The molecular weight excluding hydrogens is 228 g/mol. The third-order valence-electron chi connectivity index (χ3n) is 5.33. The zero-order chi connectivity index (χ0) is 12.8.